The Hall–Kier alpha value is -3.81. The molecule has 2 aromatic carbocycles. The summed E-state index contributed by atoms with van der Waals surface area (Å²) in [5.41, 5.74) is 9.17. The van der Waals surface area contributed by atoms with Gasteiger partial charge in [-0.25, -0.2) is 14.8 Å². The highest BCUT2D eigenvalue weighted by Crippen LogP contribution is 2.32. The first-order chi connectivity index (χ1) is 13.0. The largest absolute Gasteiger partial charge is 0.495 e. The molecule has 0 saturated heterocycles. The first-order valence-corrected chi connectivity index (χ1v) is 8.10. The molecule has 3 aromatic rings. The average Bonchev–Trinajstić information content (AvgIpc) is 2.65. The van der Waals surface area contributed by atoms with Gasteiger partial charge in [-0.15, -0.1) is 0 Å². The third kappa shape index (κ3) is 4.06. The lowest BCUT2D eigenvalue weighted by atomic mass is 10.2. The number of carboxylic acids is 1. The Kier molecular flexibility index (Phi) is 5.07. The molecule has 0 saturated carbocycles. The van der Waals surface area contributed by atoms with Crippen LogP contribution >= 0.6 is 0 Å². The van der Waals surface area contributed by atoms with E-state index in [1.54, 1.807) is 19.2 Å². The summed E-state index contributed by atoms with van der Waals surface area (Å²) in [4.78, 5) is 19.3. The van der Waals surface area contributed by atoms with Crippen molar-refractivity contribution in [3.8, 4) is 5.75 Å². The Morgan fingerprint density at radius 1 is 1.07 bits per heavy atom. The summed E-state index contributed by atoms with van der Waals surface area (Å²) in [6.45, 7) is 1.97. The highest BCUT2D eigenvalue weighted by Gasteiger charge is 2.12. The van der Waals surface area contributed by atoms with Crippen molar-refractivity contribution >= 4 is 34.7 Å². The smallest absolute Gasteiger partial charge is 0.335 e. The highest BCUT2D eigenvalue weighted by atomic mass is 16.5. The van der Waals surface area contributed by atoms with E-state index in [0.717, 1.165) is 11.3 Å². The maximum Gasteiger partial charge on any atom is 0.335 e. The normalized spacial score (nSPS) is 10.3. The van der Waals surface area contributed by atoms with Crippen molar-refractivity contribution < 1.29 is 14.6 Å². The monoisotopic (exact) mass is 365 g/mol. The SMILES string of the molecule is COc1ccc(C)cc1Nc1ncnc(Nc2ccc(C(=O)O)cc2)c1N. The predicted octanol–water partition coefficient (Wildman–Crippen LogP) is 3.56. The standard InChI is InChI=1S/C19H19N5O3/c1-11-3-8-15(27-2)14(9-11)24-18-16(20)17(21-10-22-18)23-13-6-4-12(5-7-13)19(25)26/h3-10H,20H2,1-2H3,(H,25,26)(H2,21,22,23,24). The number of nitrogen functional groups attached to an aromatic ring is 1. The van der Waals surface area contributed by atoms with Gasteiger partial charge in [0.2, 0.25) is 0 Å². The molecule has 0 fully saturated rings. The lowest BCUT2D eigenvalue weighted by molar-refractivity contribution is 0.0697. The van der Waals surface area contributed by atoms with Gasteiger partial charge in [0.1, 0.15) is 17.8 Å². The van der Waals surface area contributed by atoms with Gasteiger partial charge in [-0.1, -0.05) is 6.07 Å². The molecule has 3 rings (SSSR count). The summed E-state index contributed by atoms with van der Waals surface area (Å²) in [5.74, 6) is 0.514. The number of hydrogen-bond donors (Lipinski definition) is 4. The lowest BCUT2D eigenvalue weighted by Gasteiger charge is -2.15. The molecule has 1 heterocycles. The summed E-state index contributed by atoms with van der Waals surface area (Å²) in [5, 5.41) is 15.2. The van der Waals surface area contributed by atoms with E-state index < -0.39 is 5.97 Å². The van der Waals surface area contributed by atoms with E-state index in [-0.39, 0.29) is 5.56 Å². The molecule has 1 aromatic heterocycles. The second-order valence-electron chi connectivity index (χ2n) is 5.82. The molecular weight excluding hydrogens is 346 g/mol. The maximum atomic E-state index is 10.9. The molecule has 0 atom stereocenters. The van der Waals surface area contributed by atoms with Gasteiger partial charge in [0, 0.05) is 5.69 Å². The summed E-state index contributed by atoms with van der Waals surface area (Å²) in [7, 11) is 1.59. The molecule has 0 aliphatic carbocycles. The van der Waals surface area contributed by atoms with E-state index in [9.17, 15) is 4.79 Å². The zero-order chi connectivity index (χ0) is 19.4. The molecule has 0 aliphatic rings. The third-order valence-electron chi connectivity index (χ3n) is 3.89. The maximum absolute atomic E-state index is 10.9. The Bertz CT molecular complexity index is 974. The van der Waals surface area contributed by atoms with Gasteiger partial charge in [0.05, 0.1) is 18.4 Å². The number of hydrogen-bond acceptors (Lipinski definition) is 7. The number of aromatic carboxylic acids is 1. The fourth-order valence-corrected chi connectivity index (χ4v) is 2.47. The number of rotatable bonds is 6. The molecule has 0 aliphatic heterocycles. The van der Waals surface area contributed by atoms with E-state index in [1.165, 1.54) is 18.5 Å². The van der Waals surface area contributed by atoms with Crippen LogP contribution in [0.1, 0.15) is 15.9 Å². The third-order valence-corrected chi connectivity index (χ3v) is 3.89. The van der Waals surface area contributed by atoms with Gasteiger partial charge in [0.15, 0.2) is 11.6 Å². The first kappa shape index (κ1) is 18.0. The fourth-order valence-electron chi connectivity index (χ4n) is 2.47. The van der Waals surface area contributed by atoms with Crippen LogP contribution < -0.4 is 21.1 Å². The number of carboxylic acid groups (broad SMARTS) is 1. The molecule has 0 bridgehead atoms. The van der Waals surface area contributed by atoms with E-state index in [2.05, 4.69) is 20.6 Å². The van der Waals surface area contributed by atoms with Crippen LogP contribution in [0.25, 0.3) is 0 Å². The van der Waals surface area contributed by atoms with E-state index in [0.29, 0.717) is 28.8 Å². The van der Waals surface area contributed by atoms with Crippen molar-refractivity contribution in [3.05, 3.63) is 59.9 Å². The van der Waals surface area contributed by atoms with E-state index in [1.807, 2.05) is 25.1 Å². The minimum absolute atomic E-state index is 0.199. The van der Waals surface area contributed by atoms with Crippen LogP contribution in [0.5, 0.6) is 5.75 Å². The van der Waals surface area contributed by atoms with E-state index in [4.69, 9.17) is 15.6 Å². The number of benzene rings is 2. The molecule has 0 amide bonds. The molecule has 8 nitrogen and oxygen atoms in total. The van der Waals surface area contributed by atoms with Gasteiger partial charge in [-0.2, -0.15) is 0 Å². The predicted molar refractivity (Wildman–Crippen MR) is 104 cm³/mol. The molecule has 8 heteroatoms. The van der Waals surface area contributed by atoms with Crippen LogP contribution in [-0.4, -0.2) is 28.2 Å². The van der Waals surface area contributed by atoms with Crippen molar-refractivity contribution in [2.24, 2.45) is 0 Å². The topological polar surface area (TPSA) is 122 Å². The number of nitrogens with two attached hydrogens (primary N) is 1. The average molecular weight is 365 g/mol. The van der Waals surface area contributed by atoms with Crippen LogP contribution in [-0.2, 0) is 0 Å². The zero-order valence-electron chi connectivity index (χ0n) is 14.9. The number of aromatic nitrogens is 2. The van der Waals surface area contributed by atoms with Crippen molar-refractivity contribution in [3.63, 3.8) is 0 Å². The number of aryl methyl sites for hydroxylation is 1. The Labute approximate surface area is 156 Å². The second-order valence-corrected chi connectivity index (χ2v) is 5.82. The zero-order valence-corrected chi connectivity index (χ0v) is 14.9. The number of nitrogens with zero attached hydrogens (tertiary/aromatic N) is 2. The van der Waals surface area contributed by atoms with Crippen LogP contribution in [0.2, 0.25) is 0 Å². The minimum atomic E-state index is -0.985. The molecule has 138 valence electrons. The molecule has 0 unspecified atom stereocenters. The van der Waals surface area contributed by atoms with Gasteiger partial charge in [-0.3, -0.25) is 0 Å². The van der Waals surface area contributed by atoms with Crippen LogP contribution in [0.4, 0.5) is 28.7 Å². The van der Waals surface area contributed by atoms with Gasteiger partial charge < -0.3 is 26.2 Å². The number of methoxy groups -OCH3 is 1. The van der Waals surface area contributed by atoms with Crippen molar-refractivity contribution in [2.45, 2.75) is 6.92 Å². The first-order valence-electron chi connectivity index (χ1n) is 8.10. The lowest BCUT2D eigenvalue weighted by Crippen LogP contribution is -2.06. The highest BCUT2D eigenvalue weighted by molar-refractivity contribution is 5.88. The van der Waals surface area contributed by atoms with Crippen LogP contribution in [0.3, 0.4) is 0 Å². The summed E-state index contributed by atoms with van der Waals surface area (Å²) < 4.78 is 5.36. The fraction of sp³-hybridized carbons (Fsp3) is 0.105. The Balaban J connectivity index is 1.86. The number of carbonyl (C=O) groups is 1. The minimum Gasteiger partial charge on any atom is -0.495 e. The van der Waals surface area contributed by atoms with Gasteiger partial charge in [-0.05, 0) is 48.9 Å². The number of nitrogens with one attached hydrogen (secondary N) is 2. The summed E-state index contributed by atoms with van der Waals surface area (Å²) >= 11 is 0. The molecule has 0 radical (unpaired) electrons. The summed E-state index contributed by atoms with van der Waals surface area (Å²) in [6.07, 6.45) is 1.38. The number of ether oxygens (including phenoxy) is 1. The van der Waals surface area contributed by atoms with Gasteiger partial charge >= 0.3 is 5.97 Å². The molecule has 5 N–H and O–H groups in total. The summed E-state index contributed by atoms with van der Waals surface area (Å²) in [6, 6.07) is 12.0. The van der Waals surface area contributed by atoms with Crippen LogP contribution in [0.15, 0.2) is 48.8 Å². The van der Waals surface area contributed by atoms with Crippen LogP contribution in [0, 0.1) is 6.92 Å². The molecule has 27 heavy (non-hydrogen) atoms. The van der Waals surface area contributed by atoms with Crippen molar-refractivity contribution in [2.75, 3.05) is 23.5 Å². The molecular formula is C19H19N5O3. The van der Waals surface area contributed by atoms with Crippen molar-refractivity contribution in [1.82, 2.24) is 9.97 Å². The quantitative estimate of drug-likeness (QED) is 0.523. The van der Waals surface area contributed by atoms with Crippen molar-refractivity contribution in [1.29, 1.82) is 0 Å². The van der Waals surface area contributed by atoms with E-state index >= 15 is 0 Å². The van der Waals surface area contributed by atoms with Gasteiger partial charge in [0.25, 0.3) is 0 Å². The molecule has 0 spiro atoms. The Morgan fingerprint density at radius 2 is 1.74 bits per heavy atom. The second kappa shape index (κ2) is 7.61. The number of anilines is 5. The Morgan fingerprint density at radius 3 is 2.37 bits per heavy atom.